The van der Waals surface area contributed by atoms with Crippen LogP contribution in [0.1, 0.15) is 24.8 Å². The van der Waals surface area contributed by atoms with E-state index in [4.69, 9.17) is 27.9 Å². The van der Waals surface area contributed by atoms with Gasteiger partial charge in [-0.25, -0.2) is 4.90 Å². The van der Waals surface area contributed by atoms with E-state index in [-0.39, 0.29) is 48.3 Å². The van der Waals surface area contributed by atoms with Gasteiger partial charge in [0.25, 0.3) is 0 Å². The highest BCUT2D eigenvalue weighted by Crippen LogP contribution is 2.39. The summed E-state index contributed by atoms with van der Waals surface area (Å²) in [4.78, 5) is 53.9. The Bertz CT molecular complexity index is 1260. The first-order chi connectivity index (χ1) is 16.7. The molecule has 7 nitrogen and oxygen atoms in total. The van der Waals surface area contributed by atoms with Gasteiger partial charge in [0, 0.05) is 18.0 Å². The Morgan fingerprint density at radius 2 is 1.63 bits per heavy atom. The van der Waals surface area contributed by atoms with Gasteiger partial charge in [0.2, 0.25) is 17.7 Å². The minimum absolute atomic E-state index is 0.00760. The summed E-state index contributed by atoms with van der Waals surface area (Å²) in [6.45, 7) is 1.89. The average molecular weight is 513 g/mol. The van der Waals surface area contributed by atoms with Crippen LogP contribution in [0.2, 0.25) is 10.0 Å². The van der Waals surface area contributed by atoms with Gasteiger partial charge >= 0.3 is 5.97 Å². The molecule has 1 aliphatic carbocycles. The number of carbonyl (C=O) groups is 4. The number of allylic oxidation sites excluding steroid dienone is 2. The van der Waals surface area contributed by atoms with Crippen LogP contribution in [-0.2, 0) is 19.2 Å². The largest absolute Gasteiger partial charge is 0.426 e. The van der Waals surface area contributed by atoms with E-state index in [0.717, 1.165) is 0 Å². The number of nitrogens with zero attached hydrogens (tertiary/aromatic N) is 2. The molecule has 0 N–H and O–H groups in total. The molecule has 2 saturated heterocycles. The van der Waals surface area contributed by atoms with E-state index < -0.39 is 11.9 Å². The lowest BCUT2D eigenvalue weighted by Crippen LogP contribution is -2.31. The Hall–Kier alpha value is -3.16. The molecule has 2 aliphatic heterocycles. The van der Waals surface area contributed by atoms with Crippen molar-refractivity contribution in [1.82, 2.24) is 0 Å². The number of aryl methyl sites for hydroxylation is 1. The van der Waals surface area contributed by atoms with E-state index in [1.165, 1.54) is 9.80 Å². The summed E-state index contributed by atoms with van der Waals surface area (Å²) in [6, 6.07) is 9.62. The van der Waals surface area contributed by atoms with Crippen molar-refractivity contribution in [3.8, 4) is 5.75 Å². The zero-order valence-electron chi connectivity index (χ0n) is 18.9. The molecule has 0 bridgehead atoms. The number of ether oxygens (including phenoxy) is 1. The van der Waals surface area contributed by atoms with Crippen molar-refractivity contribution in [2.75, 3.05) is 16.3 Å². The molecule has 180 valence electrons. The third-order valence-corrected chi connectivity index (χ3v) is 7.35. The van der Waals surface area contributed by atoms with Crippen LogP contribution in [0.4, 0.5) is 11.4 Å². The molecule has 3 aliphatic rings. The predicted octanol–water partition coefficient (Wildman–Crippen LogP) is 4.72. The van der Waals surface area contributed by atoms with Gasteiger partial charge in [0.05, 0.1) is 34.2 Å². The van der Waals surface area contributed by atoms with Crippen molar-refractivity contribution < 1.29 is 23.9 Å². The Balaban J connectivity index is 1.29. The van der Waals surface area contributed by atoms with Crippen LogP contribution in [0.25, 0.3) is 0 Å². The number of hydrogen-bond acceptors (Lipinski definition) is 5. The van der Waals surface area contributed by atoms with Crippen LogP contribution >= 0.6 is 23.2 Å². The lowest BCUT2D eigenvalue weighted by Gasteiger charge is -2.19. The minimum Gasteiger partial charge on any atom is -0.426 e. The van der Waals surface area contributed by atoms with Gasteiger partial charge in [-0.15, -0.1) is 0 Å². The van der Waals surface area contributed by atoms with Gasteiger partial charge in [0.15, 0.2) is 0 Å². The molecule has 3 atom stereocenters. The SMILES string of the molecule is Cc1cc(OC(=O)[C@H]2CC(=O)N(c3cc(Cl)ccc3Cl)C2)ccc1N1C(=O)[C@H]2CC=CC[C@H]2C1=O. The molecule has 0 spiro atoms. The monoisotopic (exact) mass is 512 g/mol. The maximum Gasteiger partial charge on any atom is 0.316 e. The van der Waals surface area contributed by atoms with E-state index in [1.807, 2.05) is 12.2 Å². The summed E-state index contributed by atoms with van der Waals surface area (Å²) in [5.74, 6) is -2.21. The van der Waals surface area contributed by atoms with Crippen molar-refractivity contribution in [3.63, 3.8) is 0 Å². The van der Waals surface area contributed by atoms with Crippen molar-refractivity contribution in [2.24, 2.45) is 17.8 Å². The molecule has 2 aromatic carbocycles. The van der Waals surface area contributed by atoms with Gasteiger partial charge in [-0.05, 0) is 61.7 Å². The number of hydrogen-bond donors (Lipinski definition) is 0. The van der Waals surface area contributed by atoms with E-state index in [1.54, 1.807) is 43.3 Å². The van der Waals surface area contributed by atoms with E-state index in [2.05, 4.69) is 0 Å². The summed E-state index contributed by atoms with van der Waals surface area (Å²) in [5.41, 5.74) is 1.58. The highest BCUT2D eigenvalue weighted by molar-refractivity contribution is 6.36. The average Bonchev–Trinajstić information content (AvgIpc) is 3.34. The number of fused-ring (bicyclic) bond motifs is 1. The van der Waals surface area contributed by atoms with Crippen LogP contribution in [0.3, 0.4) is 0 Å². The standard InChI is InChI=1S/C26H22Cl2N2O5/c1-14-10-17(7-9-21(14)30-24(32)18-4-2-3-5-19(18)25(30)33)35-26(34)15-11-23(31)29(13-15)22-12-16(27)6-8-20(22)28/h2-3,6-10,12,15,18-19H,4-5,11,13H2,1H3/t15-,18-,19+/m0/s1. The van der Waals surface area contributed by atoms with Gasteiger partial charge in [-0.1, -0.05) is 35.4 Å². The van der Waals surface area contributed by atoms with Gasteiger partial charge in [-0.3, -0.25) is 19.2 Å². The fraction of sp³-hybridized carbons (Fsp3) is 0.308. The number of benzene rings is 2. The molecule has 35 heavy (non-hydrogen) atoms. The molecule has 0 radical (unpaired) electrons. The summed E-state index contributed by atoms with van der Waals surface area (Å²) < 4.78 is 5.56. The molecule has 0 saturated carbocycles. The van der Waals surface area contributed by atoms with Crippen LogP contribution in [0.15, 0.2) is 48.6 Å². The molecular weight excluding hydrogens is 491 g/mol. The second-order valence-corrected chi connectivity index (χ2v) is 9.88. The first kappa shape index (κ1) is 23.6. The number of rotatable bonds is 4. The van der Waals surface area contributed by atoms with Crippen molar-refractivity contribution >= 4 is 58.3 Å². The maximum absolute atomic E-state index is 12.9. The number of esters is 1. The van der Waals surface area contributed by atoms with Crippen LogP contribution in [0.5, 0.6) is 5.75 Å². The smallest absolute Gasteiger partial charge is 0.316 e. The highest BCUT2D eigenvalue weighted by Gasteiger charge is 2.48. The maximum atomic E-state index is 12.9. The van der Waals surface area contributed by atoms with Crippen molar-refractivity contribution in [2.45, 2.75) is 26.2 Å². The Kier molecular flexibility index (Phi) is 6.15. The van der Waals surface area contributed by atoms with Gasteiger partial charge < -0.3 is 9.64 Å². The molecule has 0 unspecified atom stereocenters. The summed E-state index contributed by atoms with van der Waals surface area (Å²) in [7, 11) is 0. The van der Waals surface area contributed by atoms with Crippen molar-refractivity contribution in [1.29, 1.82) is 0 Å². The number of imide groups is 1. The zero-order chi connectivity index (χ0) is 24.9. The molecule has 2 aromatic rings. The lowest BCUT2D eigenvalue weighted by atomic mass is 9.85. The molecule has 3 amide bonds. The van der Waals surface area contributed by atoms with Crippen LogP contribution < -0.4 is 14.5 Å². The van der Waals surface area contributed by atoms with Gasteiger partial charge in [0.1, 0.15) is 5.75 Å². The first-order valence-electron chi connectivity index (χ1n) is 11.3. The second-order valence-electron chi connectivity index (χ2n) is 9.04. The summed E-state index contributed by atoms with van der Waals surface area (Å²) in [6.07, 6.45) is 5.02. The Morgan fingerprint density at radius 3 is 2.29 bits per heavy atom. The molecule has 0 aromatic heterocycles. The number of anilines is 2. The quantitative estimate of drug-likeness (QED) is 0.256. The molecular formula is C26H22Cl2N2O5. The first-order valence-corrected chi connectivity index (χ1v) is 12.1. The number of amides is 3. The third kappa shape index (κ3) is 4.23. The predicted molar refractivity (Wildman–Crippen MR) is 132 cm³/mol. The molecule has 2 fully saturated rings. The fourth-order valence-corrected chi connectivity index (χ4v) is 5.36. The summed E-state index contributed by atoms with van der Waals surface area (Å²) in [5, 5.41) is 0.800. The molecule has 2 heterocycles. The van der Waals surface area contributed by atoms with E-state index >= 15 is 0 Å². The highest BCUT2D eigenvalue weighted by atomic mass is 35.5. The second kappa shape index (κ2) is 9.13. The number of halogens is 2. The Labute approximate surface area is 212 Å². The normalized spacial score (nSPS) is 23.7. The zero-order valence-corrected chi connectivity index (χ0v) is 20.4. The van der Waals surface area contributed by atoms with Crippen LogP contribution in [-0.4, -0.2) is 30.2 Å². The van der Waals surface area contributed by atoms with E-state index in [0.29, 0.717) is 39.8 Å². The van der Waals surface area contributed by atoms with Gasteiger partial charge in [-0.2, -0.15) is 0 Å². The van der Waals surface area contributed by atoms with Crippen LogP contribution in [0, 0.1) is 24.7 Å². The Morgan fingerprint density at radius 1 is 0.943 bits per heavy atom. The van der Waals surface area contributed by atoms with E-state index in [9.17, 15) is 19.2 Å². The van der Waals surface area contributed by atoms with Crippen molar-refractivity contribution in [3.05, 3.63) is 64.2 Å². The third-order valence-electron chi connectivity index (χ3n) is 6.79. The minimum atomic E-state index is -0.671. The number of carbonyl (C=O) groups excluding carboxylic acids is 4. The molecule has 5 rings (SSSR count). The fourth-order valence-electron chi connectivity index (χ4n) is 4.97. The lowest BCUT2D eigenvalue weighted by molar-refractivity contribution is -0.139. The molecule has 9 heteroatoms. The summed E-state index contributed by atoms with van der Waals surface area (Å²) >= 11 is 12.3. The topological polar surface area (TPSA) is 84.0 Å².